The summed E-state index contributed by atoms with van der Waals surface area (Å²) in [5.41, 5.74) is 0.231. The summed E-state index contributed by atoms with van der Waals surface area (Å²) in [6.45, 7) is 9.29. The fourth-order valence-electron chi connectivity index (χ4n) is 3.24. The topological polar surface area (TPSA) is 75.7 Å². The Kier molecular flexibility index (Phi) is 6.05. The average Bonchev–Trinajstić information content (AvgIpc) is 2.81. The van der Waals surface area contributed by atoms with Gasteiger partial charge in [0.15, 0.2) is 0 Å². The molecular formula is C20H28N2O4. The summed E-state index contributed by atoms with van der Waals surface area (Å²) in [7, 11) is 0. The van der Waals surface area contributed by atoms with Crippen molar-refractivity contribution < 1.29 is 19.1 Å². The number of alkyl carbamates (subject to hydrolysis) is 1. The van der Waals surface area contributed by atoms with Crippen molar-refractivity contribution in [1.82, 2.24) is 10.2 Å². The van der Waals surface area contributed by atoms with Crippen LogP contribution in [-0.4, -0.2) is 40.5 Å². The Balaban J connectivity index is 2.26. The number of carbonyl (C=O) groups is 3. The molecular weight excluding hydrogens is 332 g/mol. The van der Waals surface area contributed by atoms with Crippen molar-refractivity contribution in [3.05, 3.63) is 35.4 Å². The van der Waals surface area contributed by atoms with Crippen molar-refractivity contribution in [2.75, 3.05) is 0 Å². The molecule has 0 saturated heterocycles. The van der Waals surface area contributed by atoms with E-state index in [1.165, 1.54) is 4.90 Å². The summed E-state index contributed by atoms with van der Waals surface area (Å²) in [4.78, 5) is 39.2. The van der Waals surface area contributed by atoms with E-state index in [0.29, 0.717) is 24.0 Å². The van der Waals surface area contributed by atoms with E-state index in [2.05, 4.69) is 5.32 Å². The maximum Gasteiger partial charge on any atom is 0.407 e. The Morgan fingerprint density at radius 1 is 1.12 bits per heavy atom. The SMILES string of the molecule is CCC[C@H]([C@H](CC)NC(=O)OC(C)(C)C)N1C(=O)c2ccccc2C1=O. The molecule has 0 spiro atoms. The number of hydrogen-bond donors (Lipinski definition) is 1. The minimum absolute atomic E-state index is 0.298. The van der Waals surface area contributed by atoms with Gasteiger partial charge in [0.1, 0.15) is 5.60 Å². The summed E-state index contributed by atoms with van der Waals surface area (Å²) in [6, 6.07) is 6.05. The first kappa shape index (κ1) is 19.9. The molecule has 0 saturated carbocycles. The molecule has 1 aromatic carbocycles. The van der Waals surface area contributed by atoms with E-state index >= 15 is 0 Å². The van der Waals surface area contributed by atoms with E-state index < -0.39 is 17.7 Å². The van der Waals surface area contributed by atoms with Gasteiger partial charge in [0.25, 0.3) is 11.8 Å². The number of hydrogen-bond acceptors (Lipinski definition) is 4. The summed E-state index contributed by atoms with van der Waals surface area (Å²) in [5, 5.41) is 2.85. The highest BCUT2D eigenvalue weighted by atomic mass is 16.6. The second-order valence-corrected chi connectivity index (χ2v) is 7.54. The zero-order chi connectivity index (χ0) is 19.5. The lowest BCUT2D eigenvalue weighted by Gasteiger charge is -2.33. The first-order valence-corrected chi connectivity index (χ1v) is 9.16. The van der Waals surface area contributed by atoms with Gasteiger partial charge in [0.05, 0.1) is 23.2 Å². The van der Waals surface area contributed by atoms with Crippen LogP contribution in [-0.2, 0) is 4.74 Å². The van der Waals surface area contributed by atoms with Gasteiger partial charge in [-0.05, 0) is 45.7 Å². The van der Waals surface area contributed by atoms with Gasteiger partial charge in [-0.3, -0.25) is 14.5 Å². The van der Waals surface area contributed by atoms with Gasteiger partial charge in [-0.2, -0.15) is 0 Å². The van der Waals surface area contributed by atoms with Crippen LogP contribution >= 0.6 is 0 Å². The summed E-state index contributed by atoms with van der Waals surface area (Å²) >= 11 is 0. The van der Waals surface area contributed by atoms with Crippen LogP contribution in [0, 0.1) is 0 Å². The minimum Gasteiger partial charge on any atom is -0.444 e. The van der Waals surface area contributed by atoms with Crippen LogP contribution in [0.2, 0.25) is 0 Å². The first-order chi connectivity index (χ1) is 12.2. The molecule has 0 aromatic heterocycles. The molecule has 2 rings (SSSR count). The fraction of sp³-hybridized carbons (Fsp3) is 0.550. The predicted molar refractivity (Wildman–Crippen MR) is 99.1 cm³/mol. The van der Waals surface area contributed by atoms with Gasteiger partial charge in [-0.25, -0.2) is 4.79 Å². The molecule has 1 N–H and O–H groups in total. The van der Waals surface area contributed by atoms with E-state index in [9.17, 15) is 14.4 Å². The molecule has 0 fully saturated rings. The average molecular weight is 360 g/mol. The van der Waals surface area contributed by atoms with Crippen LogP contribution in [0.4, 0.5) is 4.79 Å². The van der Waals surface area contributed by atoms with Gasteiger partial charge < -0.3 is 10.1 Å². The molecule has 3 amide bonds. The Hall–Kier alpha value is -2.37. The van der Waals surface area contributed by atoms with Gasteiger partial charge >= 0.3 is 6.09 Å². The fourth-order valence-corrected chi connectivity index (χ4v) is 3.24. The Morgan fingerprint density at radius 2 is 1.65 bits per heavy atom. The van der Waals surface area contributed by atoms with E-state index in [4.69, 9.17) is 4.74 Å². The maximum atomic E-state index is 12.8. The van der Waals surface area contributed by atoms with Gasteiger partial charge in [-0.1, -0.05) is 32.4 Å². The second kappa shape index (κ2) is 7.89. The number of imide groups is 1. The smallest absolute Gasteiger partial charge is 0.407 e. The lowest BCUT2D eigenvalue weighted by atomic mass is 9.99. The van der Waals surface area contributed by atoms with Crippen molar-refractivity contribution >= 4 is 17.9 Å². The highest BCUT2D eigenvalue weighted by Crippen LogP contribution is 2.28. The Labute approximate surface area is 154 Å². The van der Waals surface area contributed by atoms with Crippen LogP contribution in [0.25, 0.3) is 0 Å². The van der Waals surface area contributed by atoms with Gasteiger partial charge in [0.2, 0.25) is 0 Å². The molecule has 2 atom stereocenters. The Bertz CT molecular complexity index is 658. The van der Waals surface area contributed by atoms with Crippen molar-refractivity contribution in [1.29, 1.82) is 0 Å². The van der Waals surface area contributed by atoms with Crippen molar-refractivity contribution in [2.24, 2.45) is 0 Å². The molecule has 26 heavy (non-hydrogen) atoms. The van der Waals surface area contributed by atoms with Gasteiger partial charge in [-0.15, -0.1) is 0 Å². The number of nitrogens with one attached hydrogen (secondary N) is 1. The molecule has 0 radical (unpaired) electrons. The third kappa shape index (κ3) is 4.23. The molecule has 0 unspecified atom stereocenters. The molecule has 1 aliphatic heterocycles. The standard InChI is InChI=1S/C20H28N2O4/c1-6-10-16(15(7-2)21-19(25)26-20(3,4)5)22-17(23)13-11-8-9-12-14(13)18(22)24/h8-9,11-12,15-16H,6-7,10H2,1-5H3,(H,21,25)/t15-,16+/m0/s1. The van der Waals surface area contributed by atoms with Crippen LogP contribution in [0.5, 0.6) is 0 Å². The van der Waals surface area contributed by atoms with Gasteiger partial charge in [0, 0.05) is 0 Å². The zero-order valence-electron chi connectivity index (χ0n) is 16.2. The number of ether oxygens (including phenoxy) is 1. The lowest BCUT2D eigenvalue weighted by Crippen LogP contribution is -2.54. The highest BCUT2D eigenvalue weighted by Gasteiger charge is 2.42. The number of amides is 3. The normalized spacial score (nSPS) is 16.3. The quantitative estimate of drug-likeness (QED) is 0.784. The van der Waals surface area contributed by atoms with E-state index in [-0.39, 0.29) is 17.9 Å². The van der Waals surface area contributed by atoms with E-state index in [1.54, 1.807) is 45.0 Å². The molecule has 0 bridgehead atoms. The maximum absolute atomic E-state index is 12.8. The summed E-state index contributed by atoms with van der Waals surface area (Å²) < 4.78 is 5.34. The molecule has 1 aromatic rings. The van der Waals surface area contributed by atoms with Crippen LogP contribution in [0.3, 0.4) is 0 Å². The lowest BCUT2D eigenvalue weighted by molar-refractivity contribution is 0.0400. The van der Waals surface area contributed by atoms with Crippen molar-refractivity contribution in [2.45, 2.75) is 71.6 Å². The largest absolute Gasteiger partial charge is 0.444 e. The van der Waals surface area contributed by atoms with Crippen molar-refractivity contribution in [3.8, 4) is 0 Å². The third-order valence-electron chi connectivity index (χ3n) is 4.35. The summed E-state index contributed by atoms with van der Waals surface area (Å²) in [5.74, 6) is -0.595. The molecule has 6 nitrogen and oxygen atoms in total. The number of carbonyl (C=O) groups excluding carboxylic acids is 3. The number of fused-ring (bicyclic) bond motifs is 1. The summed E-state index contributed by atoms with van der Waals surface area (Å²) in [6.07, 6.45) is 1.43. The Morgan fingerprint density at radius 3 is 2.08 bits per heavy atom. The molecule has 1 heterocycles. The van der Waals surface area contributed by atoms with E-state index in [1.807, 2.05) is 13.8 Å². The number of nitrogens with zero attached hydrogens (tertiary/aromatic N) is 1. The second-order valence-electron chi connectivity index (χ2n) is 7.54. The zero-order valence-corrected chi connectivity index (χ0v) is 16.2. The number of rotatable bonds is 6. The predicted octanol–water partition coefficient (Wildman–Crippen LogP) is 3.75. The first-order valence-electron chi connectivity index (χ1n) is 9.16. The molecule has 142 valence electrons. The molecule has 6 heteroatoms. The minimum atomic E-state index is -0.613. The molecule has 1 aliphatic rings. The van der Waals surface area contributed by atoms with Crippen LogP contribution in [0.15, 0.2) is 24.3 Å². The monoisotopic (exact) mass is 360 g/mol. The van der Waals surface area contributed by atoms with Crippen molar-refractivity contribution in [3.63, 3.8) is 0 Å². The highest BCUT2D eigenvalue weighted by molar-refractivity contribution is 6.21. The molecule has 0 aliphatic carbocycles. The number of benzene rings is 1. The van der Waals surface area contributed by atoms with Crippen LogP contribution < -0.4 is 5.32 Å². The van der Waals surface area contributed by atoms with E-state index in [0.717, 1.165) is 6.42 Å². The van der Waals surface area contributed by atoms with Crippen LogP contribution in [0.1, 0.15) is 74.6 Å². The third-order valence-corrected chi connectivity index (χ3v) is 4.35.